The third kappa shape index (κ3) is 5.32. The van der Waals surface area contributed by atoms with Crippen molar-refractivity contribution in [1.29, 1.82) is 0 Å². The molecule has 25 heavy (non-hydrogen) atoms. The largest absolute Gasteiger partial charge is 0.486 e. The molecule has 2 aromatic rings. The highest BCUT2D eigenvalue weighted by molar-refractivity contribution is 5.30. The Bertz CT molecular complexity index is 618. The fourth-order valence-corrected chi connectivity index (χ4v) is 3.18. The Balaban J connectivity index is 1.67. The van der Waals surface area contributed by atoms with Crippen molar-refractivity contribution in [3.8, 4) is 5.75 Å². The third-order valence-corrected chi connectivity index (χ3v) is 4.81. The van der Waals surface area contributed by atoms with Crippen molar-refractivity contribution in [2.75, 3.05) is 32.8 Å². The minimum absolute atomic E-state index is 0.0777. The van der Waals surface area contributed by atoms with E-state index in [1.165, 1.54) is 11.1 Å². The van der Waals surface area contributed by atoms with E-state index in [0.29, 0.717) is 5.92 Å². The topological polar surface area (TPSA) is 21.7 Å². The highest BCUT2D eigenvalue weighted by atomic mass is 16.5. The van der Waals surface area contributed by atoms with Gasteiger partial charge in [-0.1, -0.05) is 56.3 Å². The summed E-state index contributed by atoms with van der Waals surface area (Å²) in [5.41, 5.74) is 2.58. The minimum Gasteiger partial charge on any atom is -0.486 e. The molecule has 1 unspecified atom stereocenters. The summed E-state index contributed by atoms with van der Waals surface area (Å²) in [5, 5.41) is 0. The summed E-state index contributed by atoms with van der Waals surface area (Å²) in [6, 6.07) is 19.1. The van der Waals surface area contributed by atoms with Crippen LogP contribution < -0.4 is 4.74 Å². The van der Waals surface area contributed by atoms with Gasteiger partial charge >= 0.3 is 0 Å². The van der Waals surface area contributed by atoms with E-state index in [0.717, 1.165) is 45.0 Å². The number of nitrogens with zero attached hydrogens (tertiary/aromatic N) is 1. The van der Waals surface area contributed by atoms with Gasteiger partial charge in [0.2, 0.25) is 0 Å². The Morgan fingerprint density at radius 2 is 1.60 bits per heavy atom. The Kier molecular flexibility index (Phi) is 6.48. The average molecular weight is 339 g/mol. The first kappa shape index (κ1) is 18.0. The number of benzene rings is 2. The molecule has 1 aliphatic heterocycles. The summed E-state index contributed by atoms with van der Waals surface area (Å²) in [4.78, 5) is 2.46. The quantitative estimate of drug-likeness (QED) is 0.733. The van der Waals surface area contributed by atoms with Gasteiger partial charge in [0.25, 0.3) is 0 Å². The van der Waals surface area contributed by atoms with Crippen LogP contribution in [0.25, 0.3) is 0 Å². The van der Waals surface area contributed by atoms with Gasteiger partial charge in [0.15, 0.2) is 0 Å². The molecule has 0 radical (unpaired) electrons. The van der Waals surface area contributed by atoms with Crippen LogP contribution in [0.4, 0.5) is 0 Å². The van der Waals surface area contributed by atoms with E-state index in [4.69, 9.17) is 9.47 Å². The Hall–Kier alpha value is -1.84. The molecule has 0 bridgehead atoms. The molecule has 1 atom stereocenters. The summed E-state index contributed by atoms with van der Waals surface area (Å²) in [6.07, 6.45) is 1.06. The van der Waals surface area contributed by atoms with Gasteiger partial charge in [-0.05, 0) is 29.2 Å². The van der Waals surface area contributed by atoms with Gasteiger partial charge in [0, 0.05) is 26.1 Å². The van der Waals surface area contributed by atoms with Crippen LogP contribution in [0.5, 0.6) is 5.75 Å². The first-order valence-corrected chi connectivity index (χ1v) is 9.34. The van der Waals surface area contributed by atoms with Gasteiger partial charge in [0.05, 0.1) is 13.2 Å². The maximum absolute atomic E-state index is 6.37. The molecule has 2 aromatic carbocycles. The van der Waals surface area contributed by atoms with Gasteiger partial charge in [-0.2, -0.15) is 0 Å². The predicted molar refractivity (Wildman–Crippen MR) is 102 cm³/mol. The van der Waals surface area contributed by atoms with Crippen molar-refractivity contribution in [3.63, 3.8) is 0 Å². The highest BCUT2D eigenvalue weighted by Crippen LogP contribution is 2.27. The summed E-state index contributed by atoms with van der Waals surface area (Å²) < 4.78 is 11.8. The molecule has 3 nitrogen and oxygen atoms in total. The molecule has 0 amide bonds. The SMILES string of the molecule is CC(C)c1ccc(OC(CCN2CCOCC2)c2ccccc2)cc1. The normalized spacial score (nSPS) is 16.8. The van der Waals surface area contributed by atoms with Crippen molar-refractivity contribution in [2.24, 2.45) is 0 Å². The number of hydrogen-bond donors (Lipinski definition) is 0. The molecule has 0 spiro atoms. The van der Waals surface area contributed by atoms with Crippen molar-refractivity contribution < 1.29 is 9.47 Å². The first-order valence-electron chi connectivity index (χ1n) is 9.34. The van der Waals surface area contributed by atoms with Crippen LogP contribution in [0.15, 0.2) is 54.6 Å². The lowest BCUT2D eigenvalue weighted by Crippen LogP contribution is -2.37. The zero-order chi connectivity index (χ0) is 17.5. The third-order valence-electron chi connectivity index (χ3n) is 4.81. The molecule has 0 aliphatic carbocycles. The highest BCUT2D eigenvalue weighted by Gasteiger charge is 2.17. The predicted octanol–water partition coefficient (Wildman–Crippen LogP) is 4.65. The minimum atomic E-state index is 0.0777. The first-order chi connectivity index (χ1) is 12.2. The van der Waals surface area contributed by atoms with Crippen LogP contribution in [0.3, 0.4) is 0 Å². The maximum atomic E-state index is 6.37. The van der Waals surface area contributed by atoms with Crippen LogP contribution in [0.2, 0.25) is 0 Å². The Morgan fingerprint density at radius 3 is 2.24 bits per heavy atom. The lowest BCUT2D eigenvalue weighted by Gasteiger charge is -2.28. The Labute approximate surface area is 151 Å². The monoisotopic (exact) mass is 339 g/mol. The summed E-state index contributed by atoms with van der Waals surface area (Å²) in [7, 11) is 0. The molecule has 0 N–H and O–H groups in total. The maximum Gasteiger partial charge on any atom is 0.125 e. The van der Waals surface area contributed by atoms with Crippen molar-refractivity contribution >= 4 is 0 Å². The molecule has 1 fully saturated rings. The van der Waals surface area contributed by atoms with Gasteiger partial charge in [0.1, 0.15) is 11.9 Å². The molecule has 0 saturated carbocycles. The van der Waals surface area contributed by atoms with Crippen molar-refractivity contribution in [3.05, 3.63) is 65.7 Å². The smallest absolute Gasteiger partial charge is 0.125 e. The van der Waals surface area contributed by atoms with Gasteiger partial charge < -0.3 is 9.47 Å². The van der Waals surface area contributed by atoms with E-state index < -0.39 is 0 Å². The van der Waals surface area contributed by atoms with Crippen LogP contribution in [0.1, 0.15) is 43.4 Å². The summed E-state index contributed by atoms with van der Waals surface area (Å²) in [5.74, 6) is 1.49. The van der Waals surface area contributed by atoms with Crippen LogP contribution in [-0.4, -0.2) is 37.7 Å². The van der Waals surface area contributed by atoms with E-state index >= 15 is 0 Å². The van der Waals surface area contributed by atoms with Crippen molar-refractivity contribution in [1.82, 2.24) is 4.90 Å². The van der Waals surface area contributed by atoms with E-state index in [1.54, 1.807) is 0 Å². The van der Waals surface area contributed by atoms with Gasteiger partial charge in [-0.3, -0.25) is 4.90 Å². The molecule has 1 aliphatic rings. The van der Waals surface area contributed by atoms with E-state index in [1.807, 2.05) is 0 Å². The number of morpholine rings is 1. The second-order valence-electron chi connectivity index (χ2n) is 6.98. The lowest BCUT2D eigenvalue weighted by molar-refractivity contribution is 0.0317. The van der Waals surface area contributed by atoms with E-state index in [-0.39, 0.29) is 6.10 Å². The fourth-order valence-electron chi connectivity index (χ4n) is 3.18. The number of rotatable bonds is 7. The van der Waals surface area contributed by atoms with Crippen molar-refractivity contribution in [2.45, 2.75) is 32.3 Å². The van der Waals surface area contributed by atoms with E-state index in [2.05, 4.69) is 73.3 Å². The van der Waals surface area contributed by atoms with Gasteiger partial charge in [-0.25, -0.2) is 0 Å². The Morgan fingerprint density at radius 1 is 0.920 bits per heavy atom. The molecular weight excluding hydrogens is 310 g/mol. The van der Waals surface area contributed by atoms with Crippen LogP contribution >= 0.6 is 0 Å². The lowest BCUT2D eigenvalue weighted by atomic mass is 10.0. The summed E-state index contributed by atoms with van der Waals surface area (Å²) in [6.45, 7) is 9.18. The molecular formula is C22H29NO2. The molecule has 3 rings (SSSR count). The average Bonchev–Trinajstić information content (AvgIpc) is 2.67. The molecule has 3 heteroatoms. The standard InChI is InChI=1S/C22H29NO2/c1-18(2)19-8-10-21(11-9-19)25-22(20-6-4-3-5-7-20)12-13-23-14-16-24-17-15-23/h3-11,18,22H,12-17H2,1-2H3. The van der Waals surface area contributed by atoms with Gasteiger partial charge in [-0.15, -0.1) is 0 Å². The second-order valence-corrected chi connectivity index (χ2v) is 6.98. The van der Waals surface area contributed by atoms with Crippen LogP contribution in [0, 0.1) is 0 Å². The molecule has 134 valence electrons. The van der Waals surface area contributed by atoms with E-state index in [9.17, 15) is 0 Å². The zero-order valence-electron chi connectivity index (χ0n) is 15.4. The zero-order valence-corrected chi connectivity index (χ0v) is 15.4. The van der Waals surface area contributed by atoms with Crippen LogP contribution in [-0.2, 0) is 4.74 Å². The number of hydrogen-bond acceptors (Lipinski definition) is 3. The molecule has 1 saturated heterocycles. The number of ether oxygens (including phenoxy) is 2. The molecule has 1 heterocycles. The molecule has 0 aromatic heterocycles. The summed E-state index contributed by atoms with van der Waals surface area (Å²) >= 11 is 0. The fraction of sp³-hybridized carbons (Fsp3) is 0.455. The second kappa shape index (κ2) is 9.02.